The molecule has 0 aliphatic carbocycles. The molecule has 3 heteroatoms. The monoisotopic (exact) mass is 280 g/mol. The van der Waals surface area contributed by atoms with Crippen molar-refractivity contribution in [2.24, 2.45) is 0 Å². The van der Waals surface area contributed by atoms with E-state index in [9.17, 15) is 0 Å². The summed E-state index contributed by atoms with van der Waals surface area (Å²) < 4.78 is 0.232. The van der Waals surface area contributed by atoms with Gasteiger partial charge in [0, 0.05) is 10.6 Å². The SMILES string of the molecule is CSC(S)c1ccc(-c2ccccc2Cl)cc1. The van der Waals surface area contributed by atoms with Gasteiger partial charge >= 0.3 is 0 Å². The Morgan fingerprint density at radius 2 is 1.71 bits per heavy atom. The van der Waals surface area contributed by atoms with Gasteiger partial charge in [-0.2, -0.15) is 12.6 Å². The third-order valence-electron chi connectivity index (χ3n) is 2.60. The molecule has 88 valence electrons. The largest absolute Gasteiger partial charge is 0.160 e. The van der Waals surface area contributed by atoms with Crippen LogP contribution in [0.5, 0.6) is 0 Å². The zero-order valence-electron chi connectivity index (χ0n) is 9.43. The van der Waals surface area contributed by atoms with E-state index in [1.54, 1.807) is 11.8 Å². The van der Waals surface area contributed by atoms with E-state index in [4.69, 9.17) is 11.6 Å². The van der Waals surface area contributed by atoms with Crippen LogP contribution in [0.2, 0.25) is 5.02 Å². The predicted octanol–water partition coefficient (Wildman–Crippen LogP) is 5.30. The van der Waals surface area contributed by atoms with Crippen molar-refractivity contribution in [2.75, 3.05) is 6.26 Å². The number of thioether (sulfide) groups is 1. The molecular formula is C14H13ClS2. The standard InChI is InChI=1S/C14H13ClS2/c1-17-14(16)11-8-6-10(7-9-11)12-4-2-3-5-13(12)15/h2-9,14,16H,1H3. The van der Waals surface area contributed by atoms with Crippen LogP contribution in [-0.2, 0) is 0 Å². The topological polar surface area (TPSA) is 0 Å². The van der Waals surface area contributed by atoms with E-state index >= 15 is 0 Å². The second-order valence-electron chi connectivity index (χ2n) is 3.69. The molecule has 0 aliphatic rings. The maximum atomic E-state index is 6.17. The minimum atomic E-state index is 0.232. The maximum Gasteiger partial charge on any atom is 0.0718 e. The molecule has 0 saturated heterocycles. The van der Waals surface area contributed by atoms with Gasteiger partial charge in [-0.05, 0) is 23.4 Å². The summed E-state index contributed by atoms with van der Waals surface area (Å²) in [4.78, 5) is 0. The van der Waals surface area contributed by atoms with Crippen LogP contribution in [0.25, 0.3) is 11.1 Å². The van der Waals surface area contributed by atoms with Gasteiger partial charge in [-0.25, -0.2) is 0 Å². The second-order valence-corrected chi connectivity index (χ2v) is 5.91. The fraction of sp³-hybridized carbons (Fsp3) is 0.143. The highest BCUT2D eigenvalue weighted by atomic mass is 35.5. The van der Waals surface area contributed by atoms with Crippen LogP contribution >= 0.6 is 36.0 Å². The zero-order valence-corrected chi connectivity index (χ0v) is 11.9. The zero-order chi connectivity index (χ0) is 12.3. The highest BCUT2D eigenvalue weighted by Crippen LogP contribution is 2.33. The summed E-state index contributed by atoms with van der Waals surface area (Å²) in [6.45, 7) is 0. The highest BCUT2D eigenvalue weighted by Gasteiger charge is 2.06. The van der Waals surface area contributed by atoms with Crippen LogP contribution in [0.1, 0.15) is 10.1 Å². The van der Waals surface area contributed by atoms with Gasteiger partial charge in [0.1, 0.15) is 0 Å². The Hall–Kier alpha value is -0.570. The van der Waals surface area contributed by atoms with Gasteiger partial charge in [0.15, 0.2) is 0 Å². The molecule has 0 nitrogen and oxygen atoms in total. The first-order chi connectivity index (χ1) is 8.22. The van der Waals surface area contributed by atoms with Crippen molar-refractivity contribution in [2.45, 2.75) is 4.58 Å². The van der Waals surface area contributed by atoms with Gasteiger partial charge < -0.3 is 0 Å². The van der Waals surface area contributed by atoms with E-state index in [2.05, 4.69) is 43.2 Å². The molecule has 1 atom stereocenters. The van der Waals surface area contributed by atoms with E-state index in [1.165, 1.54) is 5.56 Å². The van der Waals surface area contributed by atoms with Crippen LogP contribution < -0.4 is 0 Å². The van der Waals surface area contributed by atoms with Gasteiger partial charge in [0.05, 0.1) is 4.58 Å². The smallest absolute Gasteiger partial charge is 0.0718 e. The van der Waals surface area contributed by atoms with Crippen LogP contribution in [-0.4, -0.2) is 6.26 Å². The van der Waals surface area contributed by atoms with E-state index in [1.807, 2.05) is 24.3 Å². The number of benzene rings is 2. The summed E-state index contributed by atoms with van der Waals surface area (Å²) in [5, 5.41) is 0.785. The Balaban J connectivity index is 2.33. The van der Waals surface area contributed by atoms with Crippen molar-refractivity contribution in [3.63, 3.8) is 0 Å². The fourth-order valence-electron chi connectivity index (χ4n) is 1.66. The van der Waals surface area contributed by atoms with Crippen molar-refractivity contribution >= 4 is 36.0 Å². The molecular weight excluding hydrogens is 268 g/mol. The average molecular weight is 281 g/mol. The summed E-state index contributed by atoms with van der Waals surface area (Å²) in [7, 11) is 0. The van der Waals surface area contributed by atoms with Gasteiger partial charge in [0.25, 0.3) is 0 Å². The summed E-state index contributed by atoms with van der Waals surface area (Å²) in [6, 6.07) is 16.3. The Labute approximate surface area is 117 Å². The fourth-order valence-corrected chi connectivity index (χ4v) is 2.50. The highest BCUT2D eigenvalue weighted by molar-refractivity contribution is 8.09. The van der Waals surface area contributed by atoms with Crippen LogP contribution in [0, 0.1) is 0 Å². The van der Waals surface area contributed by atoms with Crippen molar-refractivity contribution < 1.29 is 0 Å². The first-order valence-corrected chi connectivity index (χ1v) is 7.46. The van der Waals surface area contributed by atoms with Gasteiger partial charge in [-0.15, -0.1) is 11.8 Å². The van der Waals surface area contributed by atoms with E-state index in [0.29, 0.717) is 0 Å². The van der Waals surface area contributed by atoms with Crippen molar-refractivity contribution in [3.8, 4) is 11.1 Å². The lowest BCUT2D eigenvalue weighted by Crippen LogP contribution is -1.85. The molecule has 0 N–H and O–H groups in total. The molecule has 0 amide bonds. The number of thiol groups is 1. The molecule has 2 rings (SSSR count). The van der Waals surface area contributed by atoms with Gasteiger partial charge in [-0.3, -0.25) is 0 Å². The lowest BCUT2D eigenvalue weighted by molar-refractivity contribution is 1.39. The van der Waals surface area contributed by atoms with Crippen LogP contribution in [0.15, 0.2) is 48.5 Å². The normalized spacial score (nSPS) is 12.4. The van der Waals surface area contributed by atoms with E-state index < -0.39 is 0 Å². The summed E-state index contributed by atoms with van der Waals surface area (Å²) in [5.41, 5.74) is 3.43. The van der Waals surface area contributed by atoms with Gasteiger partial charge in [0.2, 0.25) is 0 Å². The molecule has 1 unspecified atom stereocenters. The molecule has 0 radical (unpaired) electrons. The number of rotatable bonds is 3. The molecule has 2 aromatic carbocycles. The number of hydrogen-bond donors (Lipinski definition) is 1. The lowest BCUT2D eigenvalue weighted by atomic mass is 10.0. The van der Waals surface area contributed by atoms with E-state index in [0.717, 1.165) is 16.1 Å². The predicted molar refractivity (Wildman–Crippen MR) is 82.1 cm³/mol. The minimum Gasteiger partial charge on any atom is -0.160 e. The Morgan fingerprint density at radius 3 is 2.29 bits per heavy atom. The Bertz CT molecular complexity index is 494. The molecule has 0 saturated carbocycles. The average Bonchev–Trinajstić information content (AvgIpc) is 2.39. The third kappa shape index (κ3) is 3.01. The van der Waals surface area contributed by atoms with Crippen LogP contribution in [0.4, 0.5) is 0 Å². The number of hydrogen-bond acceptors (Lipinski definition) is 2. The van der Waals surface area contributed by atoms with Crippen LogP contribution in [0.3, 0.4) is 0 Å². The van der Waals surface area contributed by atoms with Crippen molar-refractivity contribution in [1.29, 1.82) is 0 Å². The minimum absolute atomic E-state index is 0.232. The molecule has 0 fully saturated rings. The Morgan fingerprint density at radius 1 is 1.06 bits per heavy atom. The lowest BCUT2D eigenvalue weighted by Gasteiger charge is -2.09. The molecule has 0 heterocycles. The quantitative estimate of drug-likeness (QED) is 0.588. The molecule has 2 aromatic rings. The van der Waals surface area contributed by atoms with Gasteiger partial charge in [-0.1, -0.05) is 54.1 Å². The third-order valence-corrected chi connectivity index (χ3v) is 4.58. The maximum absolute atomic E-state index is 6.17. The first-order valence-electron chi connectivity index (χ1n) is 5.28. The molecule has 0 aromatic heterocycles. The molecule has 0 bridgehead atoms. The molecule has 0 aliphatic heterocycles. The molecule has 0 spiro atoms. The summed E-state index contributed by atoms with van der Waals surface area (Å²) >= 11 is 12.4. The summed E-state index contributed by atoms with van der Waals surface area (Å²) in [5.74, 6) is 0. The Kier molecular flexibility index (Phi) is 4.43. The first kappa shape index (κ1) is 12.9. The van der Waals surface area contributed by atoms with E-state index in [-0.39, 0.29) is 4.58 Å². The second kappa shape index (κ2) is 5.85. The van der Waals surface area contributed by atoms with Crippen molar-refractivity contribution in [1.82, 2.24) is 0 Å². The van der Waals surface area contributed by atoms with Crippen molar-refractivity contribution in [3.05, 3.63) is 59.1 Å². The molecule has 17 heavy (non-hydrogen) atoms. The number of halogens is 1. The summed E-state index contributed by atoms with van der Waals surface area (Å²) in [6.07, 6.45) is 2.06.